The molecule has 0 radical (unpaired) electrons. The topological polar surface area (TPSA) is 46.5 Å². The van der Waals surface area contributed by atoms with Crippen molar-refractivity contribution in [1.29, 1.82) is 0 Å². The van der Waals surface area contributed by atoms with Gasteiger partial charge in [0.05, 0.1) is 16.7 Å². The van der Waals surface area contributed by atoms with Gasteiger partial charge in [-0.25, -0.2) is 0 Å². The van der Waals surface area contributed by atoms with Gasteiger partial charge in [-0.3, -0.25) is 4.79 Å². The number of carbonyl (C=O) groups is 1. The second kappa shape index (κ2) is 9.05. The highest BCUT2D eigenvalue weighted by molar-refractivity contribution is 6.42. The maximum atomic E-state index is 10.3. The maximum Gasteiger partial charge on any atom is 0.303 e. The molecule has 0 aliphatic rings. The number of hydrogen-bond acceptors (Lipinski definition) is 2. The van der Waals surface area contributed by atoms with Gasteiger partial charge in [-0.2, -0.15) is 0 Å². The fourth-order valence-corrected chi connectivity index (χ4v) is 1.95. The van der Waals surface area contributed by atoms with E-state index in [-0.39, 0.29) is 6.42 Å². The van der Waals surface area contributed by atoms with Crippen molar-refractivity contribution in [2.45, 2.75) is 38.5 Å². The summed E-state index contributed by atoms with van der Waals surface area (Å²) in [4.78, 5) is 10.3. The van der Waals surface area contributed by atoms with Crippen LogP contribution in [0.5, 0.6) is 5.75 Å². The minimum absolute atomic E-state index is 0.264. The van der Waals surface area contributed by atoms with Crippen LogP contribution in [0.4, 0.5) is 0 Å². The Bertz CT molecular complexity index is 408. The highest BCUT2D eigenvalue weighted by Gasteiger charge is 2.00. The zero-order valence-electron chi connectivity index (χ0n) is 10.7. The third-order valence-corrected chi connectivity index (χ3v) is 3.43. The quantitative estimate of drug-likeness (QED) is 0.667. The molecule has 0 atom stereocenters. The number of aliphatic carboxylic acids is 1. The molecule has 0 saturated carbocycles. The van der Waals surface area contributed by atoms with Crippen LogP contribution in [0.3, 0.4) is 0 Å². The van der Waals surface area contributed by atoms with Crippen molar-refractivity contribution in [2.24, 2.45) is 0 Å². The smallest absolute Gasteiger partial charge is 0.303 e. The molecule has 0 saturated heterocycles. The molecule has 0 fully saturated rings. The lowest BCUT2D eigenvalue weighted by Crippen LogP contribution is -1.97. The largest absolute Gasteiger partial charge is 0.494 e. The van der Waals surface area contributed by atoms with E-state index in [1.807, 2.05) is 0 Å². The third kappa shape index (κ3) is 7.28. The lowest BCUT2D eigenvalue weighted by Gasteiger charge is -2.07. The molecule has 0 bridgehead atoms. The summed E-state index contributed by atoms with van der Waals surface area (Å²) < 4.78 is 5.55. The zero-order chi connectivity index (χ0) is 14.1. The molecular formula is C14H18Cl2O3. The molecular weight excluding hydrogens is 287 g/mol. The van der Waals surface area contributed by atoms with Gasteiger partial charge < -0.3 is 9.84 Å². The predicted octanol–water partition coefficient (Wildman–Crippen LogP) is 4.80. The van der Waals surface area contributed by atoms with Crippen molar-refractivity contribution < 1.29 is 14.6 Å². The monoisotopic (exact) mass is 304 g/mol. The molecule has 5 heteroatoms. The van der Waals surface area contributed by atoms with Crippen molar-refractivity contribution >= 4 is 29.2 Å². The van der Waals surface area contributed by atoms with Gasteiger partial charge in [0.25, 0.3) is 0 Å². The lowest BCUT2D eigenvalue weighted by atomic mass is 10.1. The highest BCUT2D eigenvalue weighted by atomic mass is 35.5. The van der Waals surface area contributed by atoms with Crippen molar-refractivity contribution in [3.05, 3.63) is 28.2 Å². The first-order valence-corrected chi connectivity index (χ1v) is 7.15. The van der Waals surface area contributed by atoms with Crippen LogP contribution >= 0.6 is 23.2 Å². The molecule has 0 aliphatic heterocycles. The second-order valence-electron chi connectivity index (χ2n) is 4.34. The summed E-state index contributed by atoms with van der Waals surface area (Å²) in [5.74, 6) is 0.00299. The Balaban J connectivity index is 2.04. The SMILES string of the molecule is O=C(O)CCCCCCCOc1ccc(Cl)c(Cl)c1. The van der Waals surface area contributed by atoms with E-state index in [0.29, 0.717) is 16.7 Å². The lowest BCUT2D eigenvalue weighted by molar-refractivity contribution is -0.137. The summed E-state index contributed by atoms with van der Waals surface area (Å²) in [6.07, 6.45) is 5.01. The molecule has 0 aromatic heterocycles. The van der Waals surface area contributed by atoms with Crippen LogP contribution in [0.2, 0.25) is 10.0 Å². The Morgan fingerprint density at radius 3 is 2.42 bits per heavy atom. The fourth-order valence-electron chi connectivity index (χ4n) is 1.67. The van der Waals surface area contributed by atoms with E-state index < -0.39 is 5.97 Å². The molecule has 106 valence electrons. The number of ether oxygens (including phenoxy) is 1. The first kappa shape index (κ1) is 16.1. The van der Waals surface area contributed by atoms with E-state index in [1.54, 1.807) is 18.2 Å². The summed E-state index contributed by atoms with van der Waals surface area (Å²) in [6, 6.07) is 5.21. The highest BCUT2D eigenvalue weighted by Crippen LogP contribution is 2.26. The van der Waals surface area contributed by atoms with Crippen LogP contribution in [0.25, 0.3) is 0 Å². The molecule has 0 unspecified atom stereocenters. The number of benzene rings is 1. The maximum absolute atomic E-state index is 10.3. The minimum atomic E-state index is -0.719. The number of halogens is 2. The first-order chi connectivity index (χ1) is 9.09. The number of carboxylic acids is 1. The van der Waals surface area contributed by atoms with Crippen LogP contribution in [0.1, 0.15) is 38.5 Å². The summed E-state index contributed by atoms with van der Waals surface area (Å²) in [5.41, 5.74) is 0. The normalized spacial score (nSPS) is 10.4. The van der Waals surface area contributed by atoms with E-state index >= 15 is 0 Å². The van der Waals surface area contributed by atoms with Crippen LogP contribution in [0, 0.1) is 0 Å². The van der Waals surface area contributed by atoms with Crippen LogP contribution in [0.15, 0.2) is 18.2 Å². The summed E-state index contributed by atoms with van der Waals surface area (Å²) in [6.45, 7) is 0.636. The van der Waals surface area contributed by atoms with Crippen LogP contribution < -0.4 is 4.74 Å². The molecule has 0 amide bonds. The van der Waals surface area contributed by atoms with Gasteiger partial charge in [-0.05, 0) is 25.0 Å². The average Bonchev–Trinajstić information content (AvgIpc) is 2.36. The van der Waals surface area contributed by atoms with Gasteiger partial charge in [0.15, 0.2) is 0 Å². The molecule has 1 N–H and O–H groups in total. The minimum Gasteiger partial charge on any atom is -0.494 e. The van der Waals surface area contributed by atoms with E-state index in [0.717, 1.165) is 37.9 Å². The number of unbranched alkanes of at least 4 members (excludes halogenated alkanes) is 4. The van der Waals surface area contributed by atoms with Crippen molar-refractivity contribution in [2.75, 3.05) is 6.61 Å². The molecule has 0 aliphatic carbocycles. The van der Waals surface area contributed by atoms with Gasteiger partial charge in [-0.1, -0.05) is 42.5 Å². The predicted molar refractivity (Wildman–Crippen MR) is 77.3 cm³/mol. The Hall–Kier alpha value is -0.930. The van der Waals surface area contributed by atoms with E-state index in [2.05, 4.69) is 0 Å². The molecule has 3 nitrogen and oxygen atoms in total. The van der Waals surface area contributed by atoms with Crippen molar-refractivity contribution in [3.63, 3.8) is 0 Å². The molecule has 0 heterocycles. The molecule has 0 spiro atoms. The Morgan fingerprint density at radius 1 is 1.05 bits per heavy atom. The van der Waals surface area contributed by atoms with E-state index in [9.17, 15) is 4.79 Å². The van der Waals surface area contributed by atoms with E-state index in [4.69, 9.17) is 33.0 Å². The molecule has 19 heavy (non-hydrogen) atoms. The molecule has 1 aromatic carbocycles. The van der Waals surface area contributed by atoms with Crippen molar-refractivity contribution in [3.8, 4) is 5.75 Å². The number of carboxylic acid groups (broad SMARTS) is 1. The van der Waals surface area contributed by atoms with Gasteiger partial charge in [0.2, 0.25) is 0 Å². The molecule has 1 aromatic rings. The van der Waals surface area contributed by atoms with E-state index in [1.165, 1.54) is 0 Å². The summed E-state index contributed by atoms with van der Waals surface area (Å²) in [5, 5.41) is 9.50. The molecule has 1 rings (SSSR count). The second-order valence-corrected chi connectivity index (χ2v) is 5.15. The zero-order valence-corrected chi connectivity index (χ0v) is 12.2. The van der Waals surface area contributed by atoms with Crippen LogP contribution in [-0.2, 0) is 4.79 Å². The van der Waals surface area contributed by atoms with Gasteiger partial charge in [0, 0.05) is 12.5 Å². The fraction of sp³-hybridized carbons (Fsp3) is 0.500. The third-order valence-electron chi connectivity index (χ3n) is 2.69. The Labute approximate surface area is 123 Å². The van der Waals surface area contributed by atoms with Gasteiger partial charge in [0.1, 0.15) is 5.75 Å². The summed E-state index contributed by atoms with van der Waals surface area (Å²) >= 11 is 11.7. The number of hydrogen-bond donors (Lipinski definition) is 1. The first-order valence-electron chi connectivity index (χ1n) is 6.39. The van der Waals surface area contributed by atoms with Gasteiger partial charge in [-0.15, -0.1) is 0 Å². The number of rotatable bonds is 9. The Morgan fingerprint density at radius 2 is 1.74 bits per heavy atom. The standard InChI is InChI=1S/C14H18Cl2O3/c15-12-8-7-11(10-13(12)16)19-9-5-3-1-2-4-6-14(17)18/h7-8,10H,1-6,9H2,(H,17,18). The summed E-state index contributed by atoms with van der Waals surface area (Å²) in [7, 11) is 0. The Kier molecular flexibility index (Phi) is 7.68. The average molecular weight is 305 g/mol. The van der Waals surface area contributed by atoms with Crippen LogP contribution in [-0.4, -0.2) is 17.7 Å². The van der Waals surface area contributed by atoms with Crippen molar-refractivity contribution in [1.82, 2.24) is 0 Å². The van der Waals surface area contributed by atoms with Gasteiger partial charge >= 0.3 is 5.97 Å².